The Morgan fingerprint density at radius 3 is 2.55 bits per heavy atom. The number of benzene rings is 2. The molecule has 0 bridgehead atoms. The fraction of sp³-hybridized carbons (Fsp3) is 0.333. The maximum Gasteiger partial charge on any atom is 0.314 e. The normalized spacial score (nSPS) is 20.0. The SMILES string of the molecule is CC(CN[C@H](c1ccccc1)[C@H]1CNc2cccnc2N1)c1ccc(C2(C(=O)O)CC2)cc1. The molecule has 2 heterocycles. The lowest BCUT2D eigenvalue weighted by molar-refractivity contribution is -0.140. The minimum absolute atomic E-state index is 0.109. The van der Waals surface area contributed by atoms with Crippen LogP contribution in [-0.2, 0) is 10.2 Å². The number of aliphatic carboxylic acids is 1. The third-order valence-electron chi connectivity index (χ3n) is 7.04. The Balaban J connectivity index is 1.29. The predicted molar refractivity (Wildman–Crippen MR) is 131 cm³/mol. The number of fused-ring (bicyclic) bond motifs is 1. The first-order chi connectivity index (χ1) is 16.1. The van der Waals surface area contributed by atoms with E-state index in [0.717, 1.165) is 43.0 Å². The van der Waals surface area contributed by atoms with E-state index in [1.165, 1.54) is 11.1 Å². The molecule has 2 aromatic carbocycles. The molecule has 3 atom stereocenters. The van der Waals surface area contributed by atoms with E-state index in [9.17, 15) is 9.90 Å². The van der Waals surface area contributed by atoms with E-state index in [-0.39, 0.29) is 18.0 Å². The van der Waals surface area contributed by atoms with Gasteiger partial charge in [0.1, 0.15) is 5.82 Å². The van der Waals surface area contributed by atoms with E-state index >= 15 is 0 Å². The third kappa shape index (κ3) is 4.31. The molecule has 2 aliphatic rings. The van der Waals surface area contributed by atoms with Gasteiger partial charge in [0, 0.05) is 19.3 Å². The minimum Gasteiger partial charge on any atom is -0.481 e. The van der Waals surface area contributed by atoms with Gasteiger partial charge in [0.2, 0.25) is 0 Å². The van der Waals surface area contributed by atoms with Gasteiger partial charge in [-0.25, -0.2) is 4.98 Å². The van der Waals surface area contributed by atoms with Crippen LogP contribution >= 0.6 is 0 Å². The maximum absolute atomic E-state index is 11.6. The van der Waals surface area contributed by atoms with Crippen LogP contribution in [0, 0.1) is 0 Å². The molecule has 1 unspecified atom stereocenters. The molecule has 0 spiro atoms. The summed E-state index contributed by atoms with van der Waals surface area (Å²) in [5.41, 5.74) is 3.74. The second-order valence-corrected chi connectivity index (χ2v) is 9.24. The highest BCUT2D eigenvalue weighted by Gasteiger charge is 2.51. The quantitative estimate of drug-likeness (QED) is 0.410. The van der Waals surface area contributed by atoms with Gasteiger partial charge in [-0.3, -0.25) is 4.79 Å². The van der Waals surface area contributed by atoms with Crippen LogP contribution in [-0.4, -0.2) is 35.2 Å². The fourth-order valence-corrected chi connectivity index (χ4v) is 4.77. The number of hydrogen-bond donors (Lipinski definition) is 4. The Morgan fingerprint density at radius 1 is 1.09 bits per heavy atom. The van der Waals surface area contributed by atoms with Gasteiger partial charge in [-0.1, -0.05) is 61.5 Å². The van der Waals surface area contributed by atoms with Crippen molar-refractivity contribution >= 4 is 17.5 Å². The molecule has 1 saturated carbocycles. The fourth-order valence-electron chi connectivity index (χ4n) is 4.77. The van der Waals surface area contributed by atoms with Crippen LogP contribution in [0.3, 0.4) is 0 Å². The maximum atomic E-state index is 11.6. The summed E-state index contributed by atoms with van der Waals surface area (Å²) >= 11 is 0. The van der Waals surface area contributed by atoms with Gasteiger partial charge >= 0.3 is 5.97 Å². The van der Waals surface area contributed by atoms with E-state index < -0.39 is 11.4 Å². The Bertz CT molecular complexity index is 1110. The second kappa shape index (κ2) is 8.87. The Labute approximate surface area is 194 Å². The van der Waals surface area contributed by atoms with Crippen LogP contribution in [0.5, 0.6) is 0 Å². The number of rotatable bonds is 8. The van der Waals surface area contributed by atoms with Crippen molar-refractivity contribution in [2.24, 2.45) is 0 Å². The lowest BCUT2D eigenvalue weighted by Crippen LogP contribution is -2.45. The second-order valence-electron chi connectivity index (χ2n) is 9.24. The van der Waals surface area contributed by atoms with E-state index in [4.69, 9.17) is 0 Å². The molecule has 1 aliphatic heterocycles. The van der Waals surface area contributed by atoms with Gasteiger partial charge in [0.25, 0.3) is 0 Å². The molecular formula is C27H30N4O2. The van der Waals surface area contributed by atoms with E-state index in [1.807, 2.05) is 36.5 Å². The van der Waals surface area contributed by atoms with E-state index in [2.05, 4.69) is 64.3 Å². The van der Waals surface area contributed by atoms with Crippen LogP contribution in [0.15, 0.2) is 72.9 Å². The highest BCUT2D eigenvalue weighted by Crippen LogP contribution is 2.48. The van der Waals surface area contributed by atoms with E-state index in [0.29, 0.717) is 0 Å². The molecule has 170 valence electrons. The Morgan fingerprint density at radius 2 is 1.85 bits per heavy atom. The zero-order valence-corrected chi connectivity index (χ0v) is 18.8. The van der Waals surface area contributed by atoms with Gasteiger partial charge in [0.05, 0.1) is 23.2 Å². The first-order valence-corrected chi connectivity index (χ1v) is 11.6. The number of hydrogen-bond acceptors (Lipinski definition) is 5. The van der Waals surface area contributed by atoms with Crippen molar-refractivity contribution < 1.29 is 9.90 Å². The average Bonchev–Trinajstić information content (AvgIpc) is 3.67. The molecule has 1 aromatic heterocycles. The first-order valence-electron chi connectivity index (χ1n) is 11.6. The molecule has 1 fully saturated rings. The Hall–Kier alpha value is -3.38. The number of carbonyl (C=O) groups is 1. The van der Waals surface area contributed by atoms with E-state index in [1.54, 1.807) is 0 Å². The molecule has 4 N–H and O–H groups in total. The summed E-state index contributed by atoms with van der Waals surface area (Å²) in [7, 11) is 0. The number of anilines is 2. The lowest BCUT2D eigenvalue weighted by Gasteiger charge is -2.35. The van der Waals surface area contributed by atoms with Crippen molar-refractivity contribution in [1.29, 1.82) is 0 Å². The largest absolute Gasteiger partial charge is 0.481 e. The Kier molecular flexibility index (Phi) is 5.77. The molecule has 0 amide bonds. The molecule has 3 aromatic rings. The summed E-state index contributed by atoms with van der Waals surface area (Å²) in [6.45, 7) is 3.80. The zero-order valence-electron chi connectivity index (χ0n) is 18.8. The zero-order chi connectivity index (χ0) is 22.8. The van der Waals surface area contributed by atoms with Crippen molar-refractivity contribution in [3.05, 3.63) is 89.6 Å². The molecule has 1 aliphatic carbocycles. The summed E-state index contributed by atoms with van der Waals surface area (Å²) in [4.78, 5) is 16.1. The topological polar surface area (TPSA) is 86.3 Å². The highest BCUT2D eigenvalue weighted by atomic mass is 16.4. The number of pyridine rings is 1. The van der Waals surface area contributed by atoms with Gasteiger partial charge in [-0.05, 0) is 47.6 Å². The van der Waals surface area contributed by atoms with Crippen LogP contribution in [0.25, 0.3) is 0 Å². The number of nitrogens with one attached hydrogen (secondary N) is 3. The summed E-state index contributed by atoms with van der Waals surface area (Å²) in [5, 5.41) is 20.4. The number of aromatic nitrogens is 1. The van der Waals surface area contributed by atoms with Gasteiger partial charge in [0.15, 0.2) is 0 Å². The number of carboxylic acid groups (broad SMARTS) is 1. The molecule has 6 heteroatoms. The van der Waals surface area contributed by atoms with Gasteiger partial charge in [-0.15, -0.1) is 0 Å². The molecule has 33 heavy (non-hydrogen) atoms. The van der Waals surface area contributed by atoms with Crippen LogP contribution in [0.1, 0.15) is 48.4 Å². The summed E-state index contributed by atoms with van der Waals surface area (Å²) < 4.78 is 0. The number of carboxylic acids is 1. The molecular weight excluding hydrogens is 412 g/mol. The first kappa shape index (κ1) is 21.5. The van der Waals surface area contributed by atoms with Crippen LogP contribution in [0.2, 0.25) is 0 Å². The average molecular weight is 443 g/mol. The molecule has 0 radical (unpaired) electrons. The summed E-state index contributed by atoms with van der Waals surface area (Å²) in [6, 6.07) is 22.9. The summed E-state index contributed by atoms with van der Waals surface area (Å²) in [6.07, 6.45) is 3.28. The van der Waals surface area contributed by atoms with Gasteiger partial charge in [-0.2, -0.15) is 0 Å². The van der Waals surface area contributed by atoms with Crippen molar-refractivity contribution in [2.75, 3.05) is 23.7 Å². The lowest BCUT2D eigenvalue weighted by atomic mass is 9.92. The summed E-state index contributed by atoms with van der Waals surface area (Å²) in [5.74, 6) is 0.458. The standard InChI is InChI=1S/C27H30N4O2/c1-18(19-9-11-21(12-10-19)27(13-14-27)26(32)33)16-30-24(20-6-3-2-4-7-20)23-17-29-22-8-5-15-28-25(22)31-23/h2-12,15,18,23-24,29-30H,13-14,16-17H2,1H3,(H,28,31)(H,32,33)/t18?,23-,24-/m1/s1. The highest BCUT2D eigenvalue weighted by molar-refractivity contribution is 5.84. The molecule has 5 rings (SSSR count). The third-order valence-corrected chi connectivity index (χ3v) is 7.04. The monoisotopic (exact) mass is 442 g/mol. The van der Waals surface area contributed by atoms with Crippen molar-refractivity contribution in [3.8, 4) is 0 Å². The number of nitrogens with zero attached hydrogens (tertiary/aromatic N) is 1. The van der Waals surface area contributed by atoms with Crippen LogP contribution in [0.4, 0.5) is 11.5 Å². The van der Waals surface area contributed by atoms with Gasteiger partial charge < -0.3 is 21.1 Å². The van der Waals surface area contributed by atoms with Crippen molar-refractivity contribution in [3.63, 3.8) is 0 Å². The van der Waals surface area contributed by atoms with Crippen LogP contribution < -0.4 is 16.0 Å². The molecule has 6 nitrogen and oxygen atoms in total. The van der Waals surface area contributed by atoms with Crippen molar-refractivity contribution in [2.45, 2.75) is 43.2 Å². The molecule has 0 saturated heterocycles. The van der Waals surface area contributed by atoms with Crippen molar-refractivity contribution in [1.82, 2.24) is 10.3 Å². The smallest absolute Gasteiger partial charge is 0.314 e. The minimum atomic E-state index is -0.708. The predicted octanol–water partition coefficient (Wildman–Crippen LogP) is 4.54.